The van der Waals surface area contributed by atoms with Gasteiger partial charge in [-0.25, -0.2) is 4.79 Å². The maximum atomic E-state index is 12.7. The fraction of sp³-hybridized carbons (Fsp3) is 0.750. The Labute approximate surface area is 166 Å². The number of hydrogen-bond donors (Lipinski definition) is 3. The molecule has 8 nitrogen and oxygen atoms in total. The Kier molecular flexibility index (Phi) is 7.71. The van der Waals surface area contributed by atoms with Crippen molar-refractivity contribution in [1.82, 2.24) is 14.9 Å². The number of hydrogen-bond acceptors (Lipinski definition) is 5. The smallest absolute Gasteiger partial charge is 0.330 e. The zero-order valence-corrected chi connectivity index (χ0v) is 17.6. The Morgan fingerprint density at radius 2 is 2.00 bits per heavy atom. The van der Waals surface area contributed by atoms with Gasteiger partial charge in [-0.1, -0.05) is 40.0 Å². The Balaban J connectivity index is 2.19. The van der Waals surface area contributed by atoms with E-state index in [2.05, 4.69) is 24.1 Å². The molecule has 0 saturated heterocycles. The number of nitrogens with zero attached hydrogens (tertiary/aromatic N) is 2. The molecule has 158 valence electrons. The van der Waals surface area contributed by atoms with E-state index in [1.54, 1.807) is 4.90 Å². The summed E-state index contributed by atoms with van der Waals surface area (Å²) in [5, 5.41) is 3.13. The lowest BCUT2D eigenvalue weighted by atomic mass is 9.78. The van der Waals surface area contributed by atoms with Crippen molar-refractivity contribution in [2.75, 3.05) is 23.7 Å². The van der Waals surface area contributed by atoms with Crippen LogP contribution in [0.5, 0.6) is 0 Å². The molecule has 0 spiro atoms. The number of H-pyrrole nitrogens is 1. The quantitative estimate of drug-likeness (QED) is 0.622. The van der Waals surface area contributed by atoms with Crippen molar-refractivity contribution in [2.45, 2.75) is 72.4 Å². The number of carbonyl (C=O) groups excluding carboxylic acids is 1. The lowest BCUT2D eigenvalue weighted by molar-refractivity contribution is -0.121. The van der Waals surface area contributed by atoms with Crippen LogP contribution in [0.4, 0.5) is 11.5 Å². The number of nitrogen functional groups attached to an aromatic ring is 1. The van der Waals surface area contributed by atoms with Gasteiger partial charge in [0.05, 0.1) is 6.54 Å². The second-order valence-electron chi connectivity index (χ2n) is 7.95. The van der Waals surface area contributed by atoms with Gasteiger partial charge in [0.15, 0.2) is 0 Å². The third-order valence-electron chi connectivity index (χ3n) is 6.04. The van der Waals surface area contributed by atoms with Gasteiger partial charge in [-0.05, 0) is 31.6 Å². The summed E-state index contributed by atoms with van der Waals surface area (Å²) in [7, 11) is 0. The van der Waals surface area contributed by atoms with E-state index in [4.69, 9.17) is 5.73 Å². The van der Waals surface area contributed by atoms with E-state index in [0.29, 0.717) is 24.9 Å². The van der Waals surface area contributed by atoms with Gasteiger partial charge in [-0.15, -0.1) is 0 Å². The Morgan fingerprint density at radius 3 is 2.64 bits per heavy atom. The van der Waals surface area contributed by atoms with E-state index in [0.717, 1.165) is 25.7 Å². The van der Waals surface area contributed by atoms with Gasteiger partial charge < -0.3 is 16.0 Å². The first kappa shape index (κ1) is 22.0. The minimum Gasteiger partial charge on any atom is -0.383 e. The maximum Gasteiger partial charge on any atom is 0.330 e. The molecule has 1 heterocycles. The summed E-state index contributed by atoms with van der Waals surface area (Å²) < 4.78 is 1.38. The van der Waals surface area contributed by atoms with Crippen LogP contribution in [0.2, 0.25) is 0 Å². The Morgan fingerprint density at radius 1 is 1.29 bits per heavy atom. The molecule has 1 fully saturated rings. The molecule has 28 heavy (non-hydrogen) atoms. The molecule has 1 aliphatic carbocycles. The van der Waals surface area contributed by atoms with E-state index < -0.39 is 11.2 Å². The molecule has 8 heteroatoms. The summed E-state index contributed by atoms with van der Waals surface area (Å²) in [6, 6.07) is 0.157. The van der Waals surface area contributed by atoms with E-state index in [-0.39, 0.29) is 30.0 Å². The Bertz CT molecular complexity index is 785. The lowest BCUT2D eigenvalue weighted by Crippen LogP contribution is -2.48. The molecule has 1 amide bonds. The van der Waals surface area contributed by atoms with Crippen molar-refractivity contribution >= 4 is 17.4 Å². The second kappa shape index (κ2) is 9.80. The molecule has 4 N–H and O–H groups in total. The average molecular weight is 394 g/mol. The first-order chi connectivity index (χ1) is 13.3. The predicted octanol–water partition coefficient (Wildman–Crippen LogP) is 1.69. The van der Waals surface area contributed by atoms with Crippen LogP contribution >= 0.6 is 0 Å². The van der Waals surface area contributed by atoms with Crippen molar-refractivity contribution in [3.05, 3.63) is 20.8 Å². The van der Waals surface area contributed by atoms with Crippen LogP contribution in [0.25, 0.3) is 0 Å². The van der Waals surface area contributed by atoms with Gasteiger partial charge in [0.25, 0.3) is 5.56 Å². The highest BCUT2D eigenvalue weighted by atomic mass is 16.2. The minimum atomic E-state index is -0.551. The molecule has 1 aliphatic rings. The van der Waals surface area contributed by atoms with Gasteiger partial charge in [0.2, 0.25) is 5.91 Å². The number of amides is 1. The summed E-state index contributed by atoms with van der Waals surface area (Å²) in [4.78, 5) is 41.2. The monoisotopic (exact) mass is 393 g/mol. The fourth-order valence-electron chi connectivity index (χ4n) is 3.98. The molecule has 0 radical (unpaired) electrons. The first-order valence-electron chi connectivity index (χ1n) is 10.5. The van der Waals surface area contributed by atoms with E-state index >= 15 is 0 Å². The van der Waals surface area contributed by atoms with E-state index in [1.165, 1.54) is 11.0 Å². The molecule has 1 saturated carbocycles. The minimum absolute atomic E-state index is 0.0351. The van der Waals surface area contributed by atoms with Crippen LogP contribution in [-0.4, -0.2) is 34.6 Å². The number of carbonyl (C=O) groups is 1. The standard InChI is InChI=1S/C20H35N5O3/c1-5-7-11-25-18(21)17(19(27)23-20(25)28)24(6-2)12-16(26)22-15-10-8-9-13(3)14(15)4/h13-15H,5-12,21H2,1-4H3,(H,22,26)(H,23,27,28). The van der Waals surface area contributed by atoms with Crippen LogP contribution in [0.3, 0.4) is 0 Å². The number of likely N-dealkylation sites (N-methyl/N-ethyl adjacent to an activating group) is 1. The number of rotatable bonds is 8. The largest absolute Gasteiger partial charge is 0.383 e. The lowest BCUT2D eigenvalue weighted by Gasteiger charge is -2.35. The molecule has 0 aliphatic heterocycles. The van der Waals surface area contributed by atoms with Crippen molar-refractivity contribution in [3.8, 4) is 0 Å². The number of anilines is 2. The number of nitrogens with one attached hydrogen (secondary N) is 2. The number of aromatic nitrogens is 2. The zero-order chi connectivity index (χ0) is 20.8. The second-order valence-corrected chi connectivity index (χ2v) is 7.95. The van der Waals surface area contributed by atoms with Crippen LogP contribution in [0, 0.1) is 11.8 Å². The van der Waals surface area contributed by atoms with Gasteiger partial charge in [-0.2, -0.15) is 0 Å². The average Bonchev–Trinajstić information content (AvgIpc) is 2.64. The van der Waals surface area contributed by atoms with Crippen molar-refractivity contribution in [3.63, 3.8) is 0 Å². The van der Waals surface area contributed by atoms with Gasteiger partial charge in [0, 0.05) is 19.1 Å². The molecule has 3 atom stereocenters. The molecule has 2 rings (SSSR count). The zero-order valence-electron chi connectivity index (χ0n) is 17.6. The third-order valence-corrected chi connectivity index (χ3v) is 6.04. The maximum absolute atomic E-state index is 12.7. The highest BCUT2D eigenvalue weighted by Gasteiger charge is 2.29. The summed E-state index contributed by atoms with van der Waals surface area (Å²) in [5.74, 6) is 1.01. The van der Waals surface area contributed by atoms with Crippen LogP contribution in [0.15, 0.2) is 9.59 Å². The van der Waals surface area contributed by atoms with E-state index in [9.17, 15) is 14.4 Å². The topological polar surface area (TPSA) is 113 Å². The molecule has 1 aromatic heterocycles. The summed E-state index contributed by atoms with van der Waals surface area (Å²) in [5.41, 5.74) is 5.30. The normalized spacial score (nSPS) is 22.1. The number of nitrogens with two attached hydrogens (primary N) is 1. The number of unbranched alkanes of at least 4 members (excludes halogenated alkanes) is 1. The summed E-state index contributed by atoms with van der Waals surface area (Å²) >= 11 is 0. The fourth-order valence-corrected chi connectivity index (χ4v) is 3.98. The molecule has 3 unspecified atom stereocenters. The Hall–Kier alpha value is -2.25. The summed E-state index contributed by atoms with van der Waals surface area (Å²) in [6.07, 6.45) is 4.97. The molecule has 0 aromatic carbocycles. The molecular weight excluding hydrogens is 358 g/mol. The first-order valence-corrected chi connectivity index (χ1v) is 10.5. The molecular formula is C20H35N5O3. The van der Waals surface area contributed by atoms with Crippen molar-refractivity contribution < 1.29 is 4.79 Å². The van der Waals surface area contributed by atoms with Gasteiger partial charge in [0.1, 0.15) is 11.5 Å². The highest BCUT2D eigenvalue weighted by molar-refractivity contribution is 5.82. The highest BCUT2D eigenvalue weighted by Crippen LogP contribution is 2.29. The van der Waals surface area contributed by atoms with Crippen molar-refractivity contribution in [2.24, 2.45) is 11.8 Å². The summed E-state index contributed by atoms with van der Waals surface area (Å²) in [6.45, 7) is 9.19. The van der Waals surface area contributed by atoms with E-state index in [1.807, 2.05) is 13.8 Å². The molecule has 1 aromatic rings. The number of aromatic amines is 1. The predicted molar refractivity (Wildman–Crippen MR) is 113 cm³/mol. The van der Waals surface area contributed by atoms with Gasteiger partial charge >= 0.3 is 5.69 Å². The SMILES string of the molecule is CCCCn1c(N)c(N(CC)CC(=O)NC2CCCC(C)C2C)c(=O)[nH]c1=O. The molecule has 0 bridgehead atoms. The van der Waals surface area contributed by atoms with Crippen molar-refractivity contribution in [1.29, 1.82) is 0 Å². The van der Waals surface area contributed by atoms with Gasteiger partial charge in [-0.3, -0.25) is 19.1 Å². The van der Waals surface area contributed by atoms with Crippen LogP contribution < -0.4 is 27.2 Å². The third kappa shape index (κ3) is 4.97. The van der Waals surface area contributed by atoms with Crippen LogP contribution in [-0.2, 0) is 11.3 Å². The van der Waals surface area contributed by atoms with Crippen LogP contribution in [0.1, 0.15) is 59.8 Å².